The van der Waals surface area contributed by atoms with Gasteiger partial charge in [0.25, 0.3) is 0 Å². The number of nitrogen functional groups attached to an aromatic ring is 1. The Bertz CT molecular complexity index is 942. The molecule has 0 radical (unpaired) electrons. The maximum atomic E-state index is 12.8. The Morgan fingerprint density at radius 2 is 2.00 bits per heavy atom. The van der Waals surface area contributed by atoms with Crippen molar-refractivity contribution in [3.63, 3.8) is 0 Å². The summed E-state index contributed by atoms with van der Waals surface area (Å²) in [7, 11) is 3.94. The van der Waals surface area contributed by atoms with Crippen LogP contribution in [-0.4, -0.2) is 39.7 Å². The van der Waals surface area contributed by atoms with Crippen LogP contribution in [0.1, 0.15) is 17.0 Å². The van der Waals surface area contributed by atoms with Gasteiger partial charge in [-0.25, -0.2) is 9.97 Å². The summed E-state index contributed by atoms with van der Waals surface area (Å²) in [6, 6.07) is 2.67. The third-order valence-electron chi connectivity index (χ3n) is 3.69. The van der Waals surface area contributed by atoms with Gasteiger partial charge in [0.2, 0.25) is 0 Å². The van der Waals surface area contributed by atoms with Crippen LogP contribution in [-0.2, 0) is 19.1 Å². The zero-order valence-electron chi connectivity index (χ0n) is 14.7. The highest BCUT2D eigenvalue weighted by Gasteiger charge is 2.33. The fourth-order valence-electron chi connectivity index (χ4n) is 2.53. The number of hydrogen-bond donors (Lipinski definition) is 1. The molecule has 27 heavy (non-hydrogen) atoms. The molecule has 0 amide bonds. The second-order valence-corrected chi connectivity index (χ2v) is 7.29. The Morgan fingerprint density at radius 1 is 1.22 bits per heavy atom. The molecule has 0 aliphatic rings. The van der Waals surface area contributed by atoms with E-state index in [-0.39, 0.29) is 11.0 Å². The van der Waals surface area contributed by atoms with Crippen LogP contribution in [0, 0.1) is 0 Å². The Kier molecular flexibility index (Phi) is 5.56. The van der Waals surface area contributed by atoms with Crippen molar-refractivity contribution >= 4 is 28.5 Å². The highest BCUT2D eigenvalue weighted by Crippen LogP contribution is 2.30. The Balaban J connectivity index is 1.69. The lowest BCUT2D eigenvalue weighted by molar-refractivity contribution is -0.141. The highest BCUT2D eigenvalue weighted by molar-refractivity contribution is 7.99. The summed E-state index contributed by atoms with van der Waals surface area (Å²) >= 11 is 1.11. The molecule has 0 saturated heterocycles. The molecule has 10 heteroatoms. The van der Waals surface area contributed by atoms with Gasteiger partial charge in [0.1, 0.15) is 5.82 Å². The van der Waals surface area contributed by atoms with Crippen molar-refractivity contribution in [3.8, 4) is 0 Å². The highest BCUT2D eigenvalue weighted by atomic mass is 32.2. The normalized spacial score (nSPS) is 12.2. The summed E-state index contributed by atoms with van der Waals surface area (Å²) in [5.74, 6) is 0.270. The van der Waals surface area contributed by atoms with E-state index in [1.165, 1.54) is 0 Å². The number of hydrogen-bond acceptors (Lipinski definition) is 7. The Morgan fingerprint density at radius 3 is 2.70 bits per heavy atom. The number of alkyl halides is 3. The summed E-state index contributed by atoms with van der Waals surface area (Å²) in [5, 5.41) is 0.985. The van der Waals surface area contributed by atoms with E-state index in [1.54, 1.807) is 12.5 Å². The molecular formula is C17H18F3N5OS. The molecule has 0 aliphatic carbocycles. The third-order valence-corrected chi connectivity index (χ3v) is 4.54. The number of thioether (sulfide) groups is 1. The van der Waals surface area contributed by atoms with Gasteiger partial charge >= 0.3 is 6.18 Å². The zero-order chi connectivity index (χ0) is 19.6. The summed E-state index contributed by atoms with van der Waals surface area (Å²) in [6.45, 7) is 0.739. The summed E-state index contributed by atoms with van der Waals surface area (Å²) in [5.41, 5.74) is 6.99. The topological polar surface area (TPSA) is 81.1 Å². The fraction of sp³-hybridized carbons (Fsp3) is 0.353. The van der Waals surface area contributed by atoms with E-state index < -0.39 is 11.9 Å². The SMILES string of the molecule is CN(C)Cc1coc2cnc(CCSc3nc(N)cc(C(F)(F)F)n3)cc12. The molecule has 0 bridgehead atoms. The smallest absolute Gasteiger partial charge is 0.433 e. The number of nitrogens with zero attached hydrogens (tertiary/aromatic N) is 4. The molecule has 3 rings (SSSR count). The van der Waals surface area contributed by atoms with Crippen molar-refractivity contribution in [2.24, 2.45) is 0 Å². The van der Waals surface area contributed by atoms with Crippen LogP contribution in [0.5, 0.6) is 0 Å². The summed E-state index contributed by atoms with van der Waals surface area (Å²) in [6.07, 6.45) is -0.632. The van der Waals surface area contributed by atoms with Crippen molar-refractivity contribution in [3.05, 3.63) is 41.5 Å². The average Bonchev–Trinajstić information content (AvgIpc) is 2.95. The molecule has 0 aromatic carbocycles. The molecule has 6 nitrogen and oxygen atoms in total. The third kappa shape index (κ3) is 4.89. The minimum Gasteiger partial charge on any atom is -0.462 e. The van der Waals surface area contributed by atoms with E-state index in [9.17, 15) is 13.2 Å². The quantitative estimate of drug-likeness (QED) is 0.503. The molecular weight excluding hydrogens is 379 g/mol. The molecule has 3 aromatic heterocycles. The first-order valence-electron chi connectivity index (χ1n) is 8.06. The molecule has 0 atom stereocenters. The lowest BCUT2D eigenvalue weighted by atomic mass is 10.1. The van der Waals surface area contributed by atoms with Crippen LogP contribution in [0.4, 0.5) is 19.0 Å². The largest absolute Gasteiger partial charge is 0.462 e. The standard InChI is InChI=1S/C17H18F3N5OS/c1-25(2)8-10-9-26-13-7-22-11(5-12(10)13)3-4-27-16-23-14(17(18,19)20)6-15(21)24-16/h5-7,9H,3-4,8H2,1-2H3,(H2,21,23,24). The molecule has 0 unspecified atom stereocenters. The van der Waals surface area contributed by atoms with Gasteiger partial charge in [0.05, 0.1) is 12.5 Å². The van der Waals surface area contributed by atoms with Gasteiger partial charge in [-0.2, -0.15) is 13.2 Å². The molecule has 0 saturated carbocycles. The lowest BCUT2D eigenvalue weighted by Crippen LogP contribution is -2.11. The van der Waals surface area contributed by atoms with Gasteiger partial charge < -0.3 is 15.1 Å². The first-order chi connectivity index (χ1) is 12.7. The van der Waals surface area contributed by atoms with Gasteiger partial charge in [-0.3, -0.25) is 4.98 Å². The number of rotatable bonds is 6. The number of fused-ring (bicyclic) bond motifs is 1. The molecule has 0 aliphatic heterocycles. The molecule has 144 valence electrons. The van der Waals surface area contributed by atoms with E-state index in [4.69, 9.17) is 10.2 Å². The van der Waals surface area contributed by atoms with Gasteiger partial charge in [0.15, 0.2) is 16.4 Å². The van der Waals surface area contributed by atoms with Crippen molar-refractivity contribution in [1.82, 2.24) is 19.9 Å². The van der Waals surface area contributed by atoms with Gasteiger partial charge in [-0.05, 0) is 26.6 Å². The van der Waals surface area contributed by atoms with Crippen molar-refractivity contribution in [2.45, 2.75) is 24.3 Å². The summed E-state index contributed by atoms with van der Waals surface area (Å²) in [4.78, 5) is 13.8. The first-order valence-corrected chi connectivity index (χ1v) is 9.05. The second-order valence-electron chi connectivity index (χ2n) is 6.23. The number of anilines is 1. The van der Waals surface area contributed by atoms with Gasteiger partial charge in [0, 0.05) is 35.0 Å². The molecule has 0 spiro atoms. The lowest BCUT2D eigenvalue weighted by Gasteiger charge is -2.08. The van der Waals surface area contributed by atoms with Crippen LogP contribution in [0.2, 0.25) is 0 Å². The van der Waals surface area contributed by atoms with Crippen LogP contribution < -0.4 is 5.73 Å². The second kappa shape index (κ2) is 7.73. The number of aromatic nitrogens is 3. The zero-order valence-corrected chi connectivity index (χ0v) is 15.6. The first kappa shape index (κ1) is 19.4. The molecule has 3 aromatic rings. The number of nitrogens with two attached hydrogens (primary N) is 1. The van der Waals surface area contributed by atoms with E-state index in [0.717, 1.165) is 41.0 Å². The van der Waals surface area contributed by atoms with Crippen LogP contribution in [0.25, 0.3) is 11.0 Å². The van der Waals surface area contributed by atoms with Crippen LogP contribution >= 0.6 is 11.8 Å². The Labute approximate surface area is 158 Å². The van der Waals surface area contributed by atoms with Crippen LogP contribution in [0.15, 0.2) is 34.2 Å². The van der Waals surface area contributed by atoms with E-state index in [0.29, 0.717) is 17.8 Å². The number of aryl methyl sites for hydroxylation is 1. The number of furan rings is 1. The van der Waals surface area contributed by atoms with Crippen molar-refractivity contribution < 1.29 is 17.6 Å². The van der Waals surface area contributed by atoms with E-state index in [2.05, 4.69) is 15.0 Å². The van der Waals surface area contributed by atoms with Crippen molar-refractivity contribution in [1.29, 1.82) is 0 Å². The van der Waals surface area contributed by atoms with Gasteiger partial charge in [-0.1, -0.05) is 11.8 Å². The maximum Gasteiger partial charge on any atom is 0.433 e. The predicted octanol–water partition coefficient (Wildman–Crippen LogP) is 3.62. The summed E-state index contributed by atoms with van der Waals surface area (Å²) < 4.78 is 43.9. The molecule has 2 N–H and O–H groups in total. The number of halogens is 3. The van der Waals surface area contributed by atoms with Crippen molar-refractivity contribution in [2.75, 3.05) is 25.6 Å². The number of pyridine rings is 1. The molecule has 3 heterocycles. The minimum absolute atomic E-state index is 0.0000102. The molecule has 0 fully saturated rings. The monoisotopic (exact) mass is 397 g/mol. The van der Waals surface area contributed by atoms with E-state index >= 15 is 0 Å². The minimum atomic E-state index is -4.55. The average molecular weight is 397 g/mol. The fourth-order valence-corrected chi connectivity index (χ4v) is 3.36. The van der Waals surface area contributed by atoms with E-state index in [1.807, 2.05) is 25.1 Å². The Hall–Kier alpha value is -2.33. The van der Waals surface area contributed by atoms with Gasteiger partial charge in [-0.15, -0.1) is 0 Å². The predicted molar refractivity (Wildman–Crippen MR) is 97.3 cm³/mol. The van der Waals surface area contributed by atoms with Crippen LogP contribution in [0.3, 0.4) is 0 Å². The maximum absolute atomic E-state index is 12.8.